The Kier molecular flexibility index (Phi) is 6.35. The molecule has 3 fully saturated rings. The Bertz CT molecular complexity index is 710. The molecule has 9 atom stereocenters. The second kappa shape index (κ2) is 8.34. The summed E-state index contributed by atoms with van der Waals surface area (Å²) in [6.45, 7) is 17.2. The van der Waals surface area contributed by atoms with E-state index in [0.29, 0.717) is 28.1 Å². The molecule has 0 heterocycles. The molecule has 0 bridgehead atoms. The molecule has 0 saturated heterocycles. The van der Waals surface area contributed by atoms with Crippen molar-refractivity contribution < 1.29 is 5.11 Å². The lowest BCUT2D eigenvalue weighted by Gasteiger charge is -2.58. The molecule has 176 valence electrons. The van der Waals surface area contributed by atoms with Crippen LogP contribution in [0.1, 0.15) is 106 Å². The van der Waals surface area contributed by atoms with Crippen molar-refractivity contribution in [2.75, 3.05) is 0 Å². The zero-order valence-electron chi connectivity index (χ0n) is 21.6. The Balaban J connectivity index is 1.52. The van der Waals surface area contributed by atoms with Crippen LogP contribution in [0.15, 0.2) is 23.8 Å². The average molecular weight is 427 g/mol. The van der Waals surface area contributed by atoms with E-state index in [1.807, 2.05) is 0 Å². The lowest BCUT2D eigenvalue weighted by atomic mass is 9.47. The molecule has 3 saturated carbocycles. The van der Waals surface area contributed by atoms with Gasteiger partial charge in [0.15, 0.2) is 0 Å². The van der Waals surface area contributed by atoms with Crippen LogP contribution in [0.25, 0.3) is 0 Å². The number of allylic oxidation sites excluding steroid dienone is 3. The van der Waals surface area contributed by atoms with Gasteiger partial charge in [0.2, 0.25) is 0 Å². The zero-order valence-corrected chi connectivity index (χ0v) is 21.6. The van der Waals surface area contributed by atoms with E-state index in [2.05, 4.69) is 66.7 Å². The van der Waals surface area contributed by atoms with E-state index in [4.69, 9.17) is 0 Å². The molecule has 4 aliphatic carbocycles. The molecule has 0 amide bonds. The Morgan fingerprint density at radius 1 is 1.06 bits per heavy atom. The van der Waals surface area contributed by atoms with E-state index in [1.165, 1.54) is 44.9 Å². The molecule has 1 heteroatoms. The maximum Gasteiger partial charge on any atom is 0.0577 e. The third-order valence-corrected chi connectivity index (χ3v) is 11.0. The number of rotatable bonds is 4. The summed E-state index contributed by atoms with van der Waals surface area (Å²) in [6.07, 6.45) is 19.0. The second-order valence-electron chi connectivity index (χ2n) is 13.5. The number of aliphatic hydroxyl groups excluding tert-OH is 1. The van der Waals surface area contributed by atoms with Crippen LogP contribution in [0.4, 0.5) is 0 Å². The van der Waals surface area contributed by atoms with Crippen molar-refractivity contribution in [1.82, 2.24) is 0 Å². The first-order chi connectivity index (χ1) is 14.5. The largest absolute Gasteiger partial charge is 0.393 e. The first-order valence-corrected chi connectivity index (χ1v) is 13.6. The number of aliphatic hydroxyl groups is 1. The summed E-state index contributed by atoms with van der Waals surface area (Å²) in [5.74, 6) is 4.85. The van der Waals surface area contributed by atoms with Crippen LogP contribution in [0.5, 0.6) is 0 Å². The van der Waals surface area contributed by atoms with Gasteiger partial charge < -0.3 is 5.11 Å². The third kappa shape index (κ3) is 4.00. The smallest absolute Gasteiger partial charge is 0.0577 e. The molecular formula is C30H50O. The minimum absolute atomic E-state index is 0.0896. The quantitative estimate of drug-likeness (QED) is 0.449. The number of fused-ring (bicyclic) bond motifs is 5. The van der Waals surface area contributed by atoms with Gasteiger partial charge in [-0.15, -0.1) is 0 Å². The van der Waals surface area contributed by atoms with Gasteiger partial charge in [-0.1, -0.05) is 72.3 Å². The molecule has 0 aromatic heterocycles. The van der Waals surface area contributed by atoms with E-state index in [1.54, 1.807) is 5.57 Å². The highest BCUT2D eigenvalue weighted by atomic mass is 16.3. The summed E-state index contributed by atoms with van der Waals surface area (Å²) >= 11 is 0. The molecule has 1 N–H and O–H groups in total. The minimum Gasteiger partial charge on any atom is -0.393 e. The van der Waals surface area contributed by atoms with Gasteiger partial charge in [-0.05, 0) is 110 Å². The van der Waals surface area contributed by atoms with Crippen LogP contribution in [-0.2, 0) is 0 Å². The summed E-state index contributed by atoms with van der Waals surface area (Å²) in [6, 6.07) is 0. The van der Waals surface area contributed by atoms with Crippen molar-refractivity contribution in [2.24, 2.45) is 51.8 Å². The van der Waals surface area contributed by atoms with E-state index in [0.717, 1.165) is 36.5 Å². The molecule has 4 rings (SSSR count). The third-order valence-electron chi connectivity index (χ3n) is 11.0. The molecule has 0 radical (unpaired) electrons. The van der Waals surface area contributed by atoms with Gasteiger partial charge in [0.25, 0.3) is 0 Å². The van der Waals surface area contributed by atoms with E-state index >= 15 is 0 Å². The van der Waals surface area contributed by atoms with Crippen molar-refractivity contribution in [3.05, 3.63) is 23.8 Å². The molecule has 31 heavy (non-hydrogen) atoms. The first-order valence-electron chi connectivity index (χ1n) is 13.6. The van der Waals surface area contributed by atoms with Crippen molar-refractivity contribution >= 4 is 0 Å². The highest BCUT2D eigenvalue weighted by Gasteiger charge is 2.58. The summed E-state index contributed by atoms with van der Waals surface area (Å²) in [4.78, 5) is 0. The molecule has 0 spiro atoms. The Labute approximate surface area is 193 Å². The summed E-state index contributed by atoms with van der Waals surface area (Å²) in [7, 11) is 0. The van der Waals surface area contributed by atoms with Crippen LogP contribution in [-0.4, -0.2) is 11.2 Å². The Morgan fingerprint density at radius 3 is 2.48 bits per heavy atom. The van der Waals surface area contributed by atoms with E-state index in [-0.39, 0.29) is 6.10 Å². The topological polar surface area (TPSA) is 20.2 Å². The van der Waals surface area contributed by atoms with Gasteiger partial charge >= 0.3 is 0 Å². The molecule has 0 aromatic rings. The monoisotopic (exact) mass is 426 g/mol. The Hall–Kier alpha value is -0.560. The standard InChI is InChI=1S/C30H50O/c1-8-21(28(3,4)5)10-9-20(2)25-13-14-26-24-12-11-22-19-23(31)15-17-29(22,6)27(24)16-18-30(25,26)7/h9-11,20-21,23-27,31H,8,12-19H2,1-7H3/t20-,21?,23+,24+,25-,26+,27+,29+,30-/m1/s1. The van der Waals surface area contributed by atoms with Crippen LogP contribution in [0.3, 0.4) is 0 Å². The van der Waals surface area contributed by atoms with Crippen LogP contribution in [0, 0.1) is 51.8 Å². The van der Waals surface area contributed by atoms with Gasteiger partial charge in [-0.3, -0.25) is 0 Å². The number of hydrogen-bond acceptors (Lipinski definition) is 1. The zero-order chi connectivity index (χ0) is 22.6. The highest BCUT2D eigenvalue weighted by molar-refractivity contribution is 5.25. The molecule has 1 nitrogen and oxygen atoms in total. The molecular weight excluding hydrogens is 376 g/mol. The summed E-state index contributed by atoms with van der Waals surface area (Å²) < 4.78 is 0. The average Bonchev–Trinajstić information content (AvgIpc) is 3.05. The van der Waals surface area contributed by atoms with Crippen molar-refractivity contribution in [3.8, 4) is 0 Å². The van der Waals surface area contributed by atoms with Crippen molar-refractivity contribution in [2.45, 2.75) is 112 Å². The fraction of sp³-hybridized carbons (Fsp3) is 0.867. The fourth-order valence-electron chi connectivity index (χ4n) is 9.03. The fourth-order valence-corrected chi connectivity index (χ4v) is 9.03. The first kappa shape index (κ1) is 23.6. The van der Waals surface area contributed by atoms with Gasteiger partial charge in [0, 0.05) is 0 Å². The van der Waals surface area contributed by atoms with Crippen molar-refractivity contribution in [1.29, 1.82) is 0 Å². The van der Waals surface area contributed by atoms with Gasteiger partial charge in [-0.25, -0.2) is 0 Å². The van der Waals surface area contributed by atoms with E-state index < -0.39 is 0 Å². The second-order valence-corrected chi connectivity index (χ2v) is 13.5. The molecule has 1 unspecified atom stereocenters. The molecule has 4 aliphatic rings. The van der Waals surface area contributed by atoms with Crippen molar-refractivity contribution in [3.63, 3.8) is 0 Å². The van der Waals surface area contributed by atoms with Gasteiger partial charge in [-0.2, -0.15) is 0 Å². The maximum atomic E-state index is 10.3. The normalized spacial score (nSPS) is 44.9. The van der Waals surface area contributed by atoms with Crippen LogP contribution in [0.2, 0.25) is 0 Å². The molecule has 0 aliphatic heterocycles. The van der Waals surface area contributed by atoms with E-state index in [9.17, 15) is 5.11 Å². The summed E-state index contributed by atoms with van der Waals surface area (Å²) in [5, 5.41) is 10.3. The number of hydrogen-bond donors (Lipinski definition) is 1. The van der Waals surface area contributed by atoms with Gasteiger partial charge in [0.05, 0.1) is 6.10 Å². The lowest BCUT2D eigenvalue weighted by Crippen LogP contribution is -2.50. The highest BCUT2D eigenvalue weighted by Crippen LogP contribution is 2.67. The van der Waals surface area contributed by atoms with Crippen LogP contribution < -0.4 is 0 Å². The predicted molar refractivity (Wildman–Crippen MR) is 133 cm³/mol. The minimum atomic E-state index is -0.0896. The van der Waals surface area contributed by atoms with Gasteiger partial charge in [0.1, 0.15) is 0 Å². The maximum absolute atomic E-state index is 10.3. The SMILES string of the molecule is CCC(C=C[C@@H](C)[C@H]1CC[C@H]2[C@@H]3CC=C4C[C@@H](O)CC[C@]4(C)[C@H]3CC[C@]12C)C(C)(C)C. The predicted octanol–water partition coefficient (Wildman–Crippen LogP) is 8.19. The van der Waals surface area contributed by atoms with Crippen LogP contribution >= 0.6 is 0 Å². The summed E-state index contributed by atoms with van der Waals surface area (Å²) in [5.41, 5.74) is 2.85. The molecule has 0 aromatic carbocycles. The Morgan fingerprint density at radius 2 is 1.81 bits per heavy atom. The lowest BCUT2D eigenvalue weighted by molar-refractivity contribution is -0.0540.